The minimum absolute atomic E-state index is 0.873. The first-order chi connectivity index (χ1) is 8.24. The summed E-state index contributed by atoms with van der Waals surface area (Å²) in [6.07, 6.45) is 5.39. The lowest BCUT2D eigenvalue weighted by molar-refractivity contribution is 0.937. The molecule has 0 aliphatic carbocycles. The molecule has 3 rings (SSSR count). The highest BCUT2D eigenvalue weighted by Gasteiger charge is 2.06. The van der Waals surface area contributed by atoms with Crippen LogP contribution in [0.5, 0.6) is 0 Å². The molecule has 3 heterocycles. The van der Waals surface area contributed by atoms with E-state index < -0.39 is 0 Å². The molecule has 0 radical (unpaired) electrons. The van der Waals surface area contributed by atoms with Gasteiger partial charge in [0.1, 0.15) is 0 Å². The second-order valence-corrected chi connectivity index (χ2v) is 4.08. The van der Waals surface area contributed by atoms with Gasteiger partial charge in [0, 0.05) is 35.5 Å². The van der Waals surface area contributed by atoms with Crippen molar-refractivity contribution in [3.8, 4) is 11.1 Å². The van der Waals surface area contributed by atoms with Gasteiger partial charge >= 0.3 is 0 Å². The van der Waals surface area contributed by atoms with Crippen LogP contribution in [0.25, 0.3) is 16.8 Å². The number of aromatic nitrogens is 4. The fraction of sp³-hybridized carbons (Fsp3) is 0.154. The van der Waals surface area contributed by atoms with Crippen LogP contribution in [0.3, 0.4) is 0 Å². The van der Waals surface area contributed by atoms with E-state index in [0.717, 1.165) is 28.2 Å². The summed E-state index contributed by atoms with van der Waals surface area (Å²) in [7, 11) is 0. The van der Waals surface area contributed by atoms with Gasteiger partial charge in [-0.1, -0.05) is 0 Å². The van der Waals surface area contributed by atoms with Crippen LogP contribution in [0.4, 0.5) is 0 Å². The van der Waals surface area contributed by atoms with E-state index in [4.69, 9.17) is 0 Å². The Labute approximate surface area is 99.0 Å². The van der Waals surface area contributed by atoms with Crippen molar-refractivity contribution >= 4 is 5.65 Å². The first-order valence-electron chi connectivity index (χ1n) is 5.48. The number of hydrogen-bond acceptors (Lipinski definition) is 3. The van der Waals surface area contributed by atoms with E-state index in [9.17, 15) is 0 Å². The Hall–Kier alpha value is -2.23. The van der Waals surface area contributed by atoms with Gasteiger partial charge in [-0.2, -0.15) is 5.10 Å². The second kappa shape index (κ2) is 3.66. The minimum atomic E-state index is 0.873. The average molecular weight is 224 g/mol. The van der Waals surface area contributed by atoms with Crippen LogP contribution in [0.15, 0.2) is 36.8 Å². The zero-order valence-electron chi connectivity index (χ0n) is 9.75. The third-order valence-corrected chi connectivity index (χ3v) is 2.69. The topological polar surface area (TPSA) is 43.1 Å². The Morgan fingerprint density at radius 2 is 1.82 bits per heavy atom. The van der Waals surface area contributed by atoms with Crippen molar-refractivity contribution in [3.63, 3.8) is 0 Å². The standard InChI is InChI=1S/C13H12N4/c1-9-7-11(8-10(2)16-9)12-3-4-15-17-6-5-14-13(12)17/h3-8H,1-2H3. The van der Waals surface area contributed by atoms with Gasteiger partial charge in [-0.15, -0.1) is 0 Å². The predicted octanol–water partition coefficient (Wildman–Crippen LogP) is 2.41. The van der Waals surface area contributed by atoms with Crippen molar-refractivity contribution in [3.05, 3.63) is 48.2 Å². The van der Waals surface area contributed by atoms with Gasteiger partial charge in [0.15, 0.2) is 5.65 Å². The summed E-state index contributed by atoms with van der Waals surface area (Å²) >= 11 is 0. The van der Waals surface area contributed by atoms with Crippen molar-refractivity contribution in [2.24, 2.45) is 0 Å². The molecule has 0 aromatic carbocycles. The van der Waals surface area contributed by atoms with Crippen LogP contribution in [0.1, 0.15) is 11.4 Å². The van der Waals surface area contributed by atoms with Crippen LogP contribution in [-0.2, 0) is 0 Å². The maximum atomic E-state index is 4.38. The Morgan fingerprint density at radius 1 is 1.06 bits per heavy atom. The number of hydrogen-bond donors (Lipinski definition) is 0. The summed E-state index contributed by atoms with van der Waals surface area (Å²) in [6, 6.07) is 6.12. The van der Waals surface area contributed by atoms with E-state index in [1.54, 1.807) is 16.9 Å². The van der Waals surface area contributed by atoms with Crippen molar-refractivity contribution < 1.29 is 0 Å². The molecule has 0 aliphatic rings. The highest BCUT2D eigenvalue weighted by molar-refractivity contribution is 5.77. The van der Waals surface area contributed by atoms with E-state index >= 15 is 0 Å². The number of imidazole rings is 1. The fourth-order valence-corrected chi connectivity index (χ4v) is 2.05. The maximum Gasteiger partial charge on any atom is 0.161 e. The van der Waals surface area contributed by atoms with Crippen LogP contribution in [0.2, 0.25) is 0 Å². The summed E-state index contributed by atoms with van der Waals surface area (Å²) in [5.41, 5.74) is 5.12. The molecule has 0 saturated carbocycles. The van der Waals surface area contributed by atoms with Gasteiger partial charge in [0.05, 0.1) is 0 Å². The highest BCUT2D eigenvalue weighted by Crippen LogP contribution is 2.23. The summed E-state index contributed by atoms with van der Waals surface area (Å²) < 4.78 is 1.78. The predicted molar refractivity (Wildman–Crippen MR) is 65.7 cm³/mol. The van der Waals surface area contributed by atoms with Crippen molar-refractivity contribution in [2.75, 3.05) is 0 Å². The van der Waals surface area contributed by atoms with Crippen LogP contribution >= 0.6 is 0 Å². The van der Waals surface area contributed by atoms with Gasteiger partial charge in [0.2, 0.25) is 0 Å². The Morgan fingerprint density at radius 3 is 2.59 bits per heavy atom. The normalized spacial score (nSPS) is 10.9. The van der Waals surface area contributed by atoms with Crippen molar-refractivity contribution in [2.45, 2.75) is 13.8 Å². The fourth-order valence-electron chi connectivity index (χ4n) is 2.05. The molecule has 0 saturated heterocycles. The summed E-state index contributed by atoms with van der Waals surface area (Å²) in [5.74, 6) is 0. The van der Waals surface area contributed by atoms with Gasteiger partial charge in [0.25, 0.3) is 0 Å². The highest BCUT2D eigenvalue weighted by atomic mass is 15.2. The molecule has 0 spiro atoms. The molecule has 0 N–H and O–H groups in total. The van der Waals surface area contributed by atoms with E-state index in [-0.39, 0.29) is 0 Å². The molecule has 4 heteroatoms. The quantitative estimate of drug-likeness (QED) is 0.637. The lowest BCUT2D eigenvalue weighted by Crippen LogP contribution is -1.94. The number of fused-ring (bicyclic) bond motifs is 1. The molecule has 0 atom stereocenters. The molecular weight excluding hydrogens is 212 g/mol. The minimum Gasteiger partial charge on any atom is -0.258 e. The van der Waals surface area contributed by atoms with Gasteiger partial charge < -0.3 is 0 Å². The van der Waals surface area contributed by atoms with Gasteiger partial charge in [-0.25, -0.2) is 9.50 Å². The molecule has 3 aromatic rings. The SMILES string of the molecule is Cc1cc(-c2ccnn3ccnc23)cc(C)n1. The number of rotatable bonds is 1. The van der Waals surface area contributed by atoms with Crippen LogP contribution in [0, 0.1) is 13.8 Å². The zero-order valence-corrected chi connectivity index (χ0v) is 9.75. The number of pyridine rings is 1. The molecule has 84 valence electrons. The third kappa shape index (κ3) is 1.67. The van der Waals surface area contributed by atoms with Crippen molar-refractivity contribution in [1.82, 2.24) is 19.6 Å². The molecule has 17 heavy (non-hydrogen) atoms. The third-order valence-electron chi connectivity index (χ3n) is 2.69. The maximum absolute atomic E-state index is 4.38. The largest absolute Gasteiger partial charge is 0.258 e. The summed E-state index contributed by atoms with van der Waals surface area (Å²) in [4.78, 5) is 8.72. The van der Waals surface area contributed by atoms with Gasteiger partial charge in [-0.05, 0) is 37.6 Å². The molecule has 3 aromatic heterocycles. The first kappa shape index (κ1) is 9.96. The lowest BCUT2D eigenvalue weighted by Gasteiger charge is -2.05. The van der Waals surface area contributed by atoms with Crippen LogP contribution in [-0.4, -0.2) is 19.6 Å². The average Bonchev–Trinajstić information content (AvgIpc) is 2.75. The Bertz CT molecular complexity index is 664. The first-order valence-corrected chi connectivity index (χ1v) is 5.48. The van der Waals surface area contributed by atoms with Crippen LogP contribution < -0.4 is 0 Å². The Kier molecular flexibility index (Phi) is 2.14. The van der Waals surface area contributed by atoms with E-state index in [1.165, 1.54) is 0 Å². The van der Waals surface area contributed by atoms with E-state index in [1.807, 2.05) is 26.1 Å². The number of aryl methyl sites for hydroxylation is 2. The number of nitrogens with zero attached hydrogens (tertiary/aromatic N) is 4. The summed E-state index contributed by atoms with van der Waals surface area (Å²) in [6.45, 7) is 4.00. The Balaban J connectivity index is 2.30. The summed E-state index contributed by atoms with van der Waals surface area (Å²) in [5, 5.41) is 4.21. The monoisotopic (exact) mass is 224 g/mol. The van der Waals surface area contributed by atoms with Crippen molar-refractivity contribution in [1.29, 1.82) is 0 Å². The molecule has 0 amide bonds. The molecule has 0 fully saturated rings. The zero-order chi connectivity index (χ0) is 11.8. The second-order valence-electron chi connectivity index (χ2n) is 4.08. The van der Waals surface area contributed by atoms with E-state index in [0.29, 0.717) is 0 Å². The lowest BCUT2D eigenvalue weighted by atomic mass is 10.1. The molecule has 0 unspecified atom stereocenters. The van der Waals surface area contributed by atoms with Gasteiger partial charge in [-0.3, -0.25) is 4.98 Å². The molecular formula is C13H12N4. The molecule has 4 nitrogen and oxygen atoms in total. The molecule has 0 aliphatic heterocycles. The smallest absolute Gasteiger partial charge is 0.161 e. The van der Waals surface area contributed by atoms with E-state index in [2.05, 4.69) is 27.2 Å². The molecule has 0 bridgehead atoms.